The van der Waals surface area contributed by atoms with E-state index in [4.69, 9.17) is 4.42 Å². The van der Waals surface area contributed by atoms with Crippen molar-refractivity contribution in [1.29, 1.82) is 0 Å². The van der Waals surface area contributed by atoms with E-state index < -0.39 is 0 Å². The summed E-state index contributed by atoms with van der Waals surface area (Å²) in [4.78, 5) is 13.8. The Morgan fingerprint density at radius 1 is 1.40 bits per heavy atom. The number of ketones is 1. The number of hydrogen-bond donors (Lipinski definition) is 0. The highest BCUT2D eigenvalue weighted by atomic mass is 79.9. The molecule has 2 heterocycles. The molecule has 2 rings (SSSR count). The van der Waals surface area contributed by atoms with E-state index in [-0.39, 0.29) is 5.78 Å². The first-order valence-electron chi connectivity index (χ1n) is 4.45. The molecule has 0 saturated carbocycles. The third-order valence-corrected chi connectivity index (χ3v) is 3.92. The molecule has 15 heavy (non-hydrogen) atoms. The lowest BCUT2D eigenvalue weighted by molar-refractivity contribution is 0.101. The van der Waals surface area contributed by atoms with E-state index >= 15 is 0 Å². The van der Waals surface area contributed by atoms with Gasteiger partial charge in [0.05, 0.1) is 4.88 Å². The SMILES string of the molecule is Cc1ccc(C(=O)c2sc(C)cc2Br)o1. The van der Waals surface area contributed by atoms with Crippen LogP contribution in [0.3, 0.4) is 0 Å². The highest BCUT2D eigenvalue weighted by molar-refractivity contribution is 9.10. The quantitative estimate of drug-likeness (QED) is 0.782. The van der Waals surface area contributed by atoms with Crippen LogP contribution in [0, 0.1) is 13.8 Å². The summed E-state index contributed by atoms with van der Waals surface area (Å²) in [5.41, 5.74) is 0. The molecule has 0 aliphatic heterocycles. The van der Waals surface area contributed by atoms with Gasteiger partial charge in [0.15, 0.2) is 5.76 Å². The van der Waals surface area contributed by atoms with E-state index in [0.29, 0.717) is 10.6 Å². The second kappa shape index (κ2) is 3.94. The topological polar surface area (TPSA) is 30.2 Å². The van der Waals surface area contributed by atoms with Crippen LogP contribution in [0.4, 0.5) is 0 Å². The lowest BCUT2D eigenvalue weighted by Gasteiger charge is -1.93. The minimum atomic E-state index is -0.0620. The predicted molar refractivity (Wildman–Crippen MR) is 63.6 cm³/mol. The number of hydrogen-bond acceptors (Lipinski definition) is 3. The summed E-state index contributed by atoms with van der Waals surface area (Å²) >= 11 is 4.84. The molecule has 2 aromatic heterocycles. The lowest BCUT2D eigenvalue weighted by atomic mass is 10.2. The van der Waals surface area contributed by atoms with E-state index in [2.05, 4.69) is 15.9 Å². The van der Waals surface area contributed by atoms with E-state index in [1.807, 2.05) is 19.9 Å². The molecule has 0 atom stereocenters. The lowest BCUT2D eigenvalue weighted by Crippen LogP contribution is -1.96. The molecular weight excluding hydrogens is 276 g/mol. The first-order chi connectivity index (χ1) is 7.08. The summed E-state index contributed by atoms with van der Waals surface area (Å²) in [6, 6.07) is 5.44. The number of thiophene rings is 1. The number of carbonyl (C=O) groups excluding carboxylic acids is 1. The van der Waals surface area contributed by atoms with Crippen LogP contribution in [-0.4, -0.2) is 5.78 Å². The highest BCUT2D eigenvalue weighted by Crippen LogP contribution is 2.29. The van der Waals surface area contributed by atoms with Crippen molar-refractivity contribution in [2.75, 3.05) is 0 Å². The zero-order valence-corrected chi connectivity index (χ0v) is 10.7. The fraction of sp³-hybridized carbons (Fsp3) is 0.182. The van der Waals surface area contributed by atoms with Crippen molar-refractivity contribution >= 4 is 33.0 Å². The summed E-state index contributed by atoms with van der Waals surface area (Å²) < 4.78 is 6.14. The Labute approximate surface area is 100 Å². The van der Waals surface area contributed by atoms with Crippen LogP contribution >= 0.6 is 27.3 Å². The van der Waals surface area contributed by atoms with E-state index in [1.54, 1.807) is 12.1 Å². The summed E-state index contributed by atoms with van der Waals surface area (Å²) in [5, 5.41) is 0. The van der Waals surface area contributed by atoms with Crippen LogP contribution in [0.5, 0.6) is 0 Å². The van der Waals surface area contributed by atoms with Gasteiger partial charge in [0, 0.05) is 9.35 Å². The molecule has 78 valence electrons. The van der Waals surface area contributed by atoms with Crippen molar-refractivity contribution < 1.29 is 9.21 Å². The number of rotatable bonds is 2. The maximum absolute atomic E-state index is 12.0. The molecular formula is C11H9BrO2S. The number of aryl methyl sites for hydroxylation is 2. The Balaban J connectivity index is 2.40. The molecule has 0 aliphatic carbocycles. The molecule has 4 heteroatoms. The minimum absolute atomic E-state index is 0.0620. The molecule has 0 spiro atoms. The van der Waals surface area contributed by atoms with Gasteiger partial charge in [-0.1, -0.05) is 0 Å². The molecule has 0 unspecified atom stereocenters. The number of carbonyl (C=O) groups is 1. The largest absolute Gasteiger partial charge is 0.458 e. The molecule has 0 amide bonds. The van der Waals surface area contributed by atoms with Gasteiger partial charge in [0.25, 0.3) is 0 Å². The van der Waals surface area contributed by atoms with E-state index in [1.165, 1.54) is 11.3 Å². The number of halogens is 1. The van der Waals surface area contributed by atoms with E-state index in [0.717, 1.165) is 15.1 Å². The average Bonchev–Trinajstić information content (AvgIpc) is 2.71. The minimum Gasteiger partial charge on any atom is -0.458 e. The van der Waals surface area contributed by atoms with Gasteiger partial charge in [0.2, 0.25) is 5.78 Å². The Morgan fingerprint density at radius 3 is 2.60 bits per heavy atom. The van der Waals surface area contributed by atoms with Crippen LogP contribution in [-0.2, 0) is 0 Å². The van der Waals surface area contributed by atoms with Gasteiger partial charge >= 0.3 is 0 Å². The Bertz CT molecular complexity index is 510. The first-order valence-corrected chi connectivity index (χ1v) is 6.06. The van der Waals surface area contributed by atoms with Gasteiger partial charge in [-0.25, -0.2) is 0 Å². The summed E-state index contributed by atoms with van der Waals surface area (Å²) in [7, 11) is 0. The maximum Gasteiger partial charge on any atom is 0.239 e. The van der Waals surface area contributed by atoms with Crippen LogP contribution in [0.25, 0.3) is 0 Å². The standard InChI is InChI=1S/C11H9BrO2S/c1-6-3-4-9(14-6)10(13)11-8(12)5-7(2)15-11/h3-5H,1-2H3. The van der Waals surface area contributed by atoms with Crippen molar-refractivity contribution in [1.82, 2.24) is 0 Å². The molecule has 2 aromatic rings. The van der Waals surface area contributed by atoms with Gasteiger partial charge in [-0.2, -0.15) is 0 Å². The fourth-order valence-electron chi connectivity index (χ4n) is 1.31. The smallest absolute Gasteiger partial charge is 0.239 e. The molecule has 0 bridgehead atoms. The molecule has 0 saturated heterocycles. The van der Waals surface area contributed by atoms with Crippen molar-refractivity contribution in [3.8, 4) is 0 Å². The third kappa shape index (κ3) is 2.06. The molecule has 0 aliphatic rings. The Hall–Kier alpha value is -0.870. The van der Waals surface area contributed by atoms with Crippen LogP contribution in [0.15, 0.2) is 27.1 Å². The first kappa shape index (κ1) is 10.6. The Morgan fingerprint density at radius 2 is 2.13 bits per heavy atom. The average molecular weight is 285 g/mol. The van der Waals surface area contributed by atoms with Crippen molar-refractivity contribution in [3.05, 3.63) is 43.9 Å². The van der Waals surface area contributed by atoms with Crippen LogP contribution < -0.4 is 0 Å². The summed E-state index contributed by atoms with van der Waals surface area (Å²) in [6.07, 6.45) is 0. The Kier molecular flexibility index (Phi) is 2.80. The highest BCUT2D eigenvalue weighted by Gasteiger charge is 2.18. The number of furan rings is 1. The normalized spacial score (nSPS) is 10.6. The zero-order chi connectivity index (χ0) is 11.0. The van der Waals surface area contributed by atoms with Crippen LogP contribution in [0.2, 0.25) is 0 Å². The van der Waals surface area contributed by atoms with Gasteiger partial charge in [-0.15, -0.1) is 11.3 Å². The van der Waals surface area contributed by atoms with E-state index in [9.17, 15) is 4.79 Å². The van der Waals surface area contributed by atoms with Gasteiger partial charge in [0.1, 0.15) is 5.76 Å². The molecule has 2 nitrogen and oxygen atoms in total. The molecule has 0 fully saturated rings. The van der Waals surface area contributed by atoms with Crippen molar-refractivity contribution in [2.45, 2.75) is 13.8 Å². The monoisotopic (exact) mass is 284 g/mol. The van der Waals surface area contributed by atoms with Crippen LogP contribution in [0.1, 0.15) is 26.1 Å². The van der Waals surface area contributed by atoms with Gasteiger partial charge < -0.3 is 4.42 Å². The van der Waals surface area contributed by atoms with Gasteiger partial charge in [-0.05, 0) is 48.0 Å². The third-order valence-electron chi connectivity index (χ3n) is 1.98. The maximum atomic E-state index is 12.0. The van der Waals surface area contributed by atoms with Crippen molar-refractivity contribution in [2.24, 2.45) is 0 Å². The molecule has 0 radical (unpaired) electrons. The van der Waals surface area contributed by atoms with Crippen molar-refractivity contribution in [3.63, 3.8) is 0 Å². The summed E-state index contributed by atoms with van der Waals surface area (Å²) in [5.74, 6) is 1.09. The second-order valence-corrected chi connectivity index (χ2v) is 5.38. The van der Waals surface area contributed by atoms with Gasteiger partial charge in [-0.3, -0.25) is 4.79 Å². The second-order valence-electron chi connectivity index (χ2n) is 3.27. The predicted octanol–water partition coefficient (Wildman–Crippen LogP) is 3.95. The summed E-state index contributed by atoms with van der Waals surface area (Å²) in [6.45, 7) is 3.80. The fourth-order valence-corrected chi connectivity index (χ4v) is 3.07. The zero-order valence-electron chi connectivity index (χ0n) is 8.33. The molecule has 0 aromatic carbocycles. The molecule has 0 N–H and O–H groups in total.